The van der Waals surface area contributed by atoms with E-state index in [0.29, 0.717) is 11.5 Å². The molecule has 0 amide bonds. The third-order valence-corrected chi connectivity index (χ3v) is 9.59. The van der Waals surface area contributed by atoms with Crippen molar-refractivity contribution >= 4 is 21.8 Å². The molecule has 0 N–H and O–H groups in total. The smallest absolute Gasteiger partial charge is 0.509 e. The van der Waals surface area contributed by atoms with Crippen LogP contribution >= 0.6 is 0 Å². The zero-order chi connectivity index (χ0) is 35.7. The van der Waals surface area contributed by atoms with E-state index in [0.717, 1.165) is 68.8 Å². The molecule has 3 aromatic heterocycles. The average molecular weight is 868 g/mol. The molecule has 0 saturated carbocycles. The number of ether oxygens (including phenoxy) is 1. The first-order valence-electron chi connectivity index (χ1n) is 18.4. The number of aryl methyl sites for hydroxylation is 3. The molecule has 5 nitrogen and oxygen atoms in total. The number of hydrogen-bond donors (Lipinski definition) is 0. The zero-order valence-corrected chi connectivity index (χ0v) is 33.7. The number of unbranched alkanes of at least 4 members (excludes halogenated alkanes) is 3. The first-order chi connectivity index (χ1) is 24.6. The summed E-state index contributed by atoms with van der Waals surface area (Å²) in [5.41, 5.74) is 11.1. The maximum absolute atomic E-state index is 6.69. The predicted molar refractivity (Wildman–Crippen MR) is 211 cm³/mol. The standard InChI is InChI=1S/C46H48N4O.Pt/c1-8-9-10-12-15-34-18-21-42-41(27-34)40-20-19-38(29-43(40)49(42)44-24-31(2)22-23-47-44)51-39-26-35(30-46(5,6)7)25-37(28-39)50-33(4)45(32(3)48-50)36-16-13-11-14-17-36;/h11,13-14,16-27H,8-10,12,15,30H2,1-7H3;/q-2;+2. The Morgan fingerprint density at radius 3 is 2.33 bits per heavy atom. The van der Waals surface area contributed by atoms with Crippen LogP contribution in [-0.2, 0) is 33.9 Å². The van der Waals surface area contributed by atoms with Crippen molar-refractivity contribution in [1.82, 2.24) is 19.3 Å². The quantitative estimate of drug-likeness (QED) is 0.0961. The summed E-state index contributed by atoms with van der Waals surface area (Å²) in [5, 5.41) is 7.36. The number of aromatic nitrogens is 4. The monoisotopic (exact) mass is 867 g/mol. The van der Waals surface area contributed by atoms with Crippen molar-refractivity contribution in [1.29, 1.82) is 0 Å². The largest absolute Gasteiger partial charge is 2.00 e. The Morgan fingerprint density at radius 2 is 1.58 bits per heavy atom. The van der Waals surface area contributed by atoms with Crippen LogP contribution in [0.3, 0.4) is 0 Å². The minimum Gasteiger partial charge on any atom is -0.509 e. The van der Waals surface area contributed by atoms with Crippen LogP contribution in [-0.4, -0.2) is 19.3 Å². The number of rotatable bonds is 11. The van der Waals surface area contributed by atoms with Gasteiger partial charge in [0, 0.05) is 34.5 Å². The molecule has 7 aromatic rings. The zero-order valence-electron chi connectivity index (χ0n) is 31.4. The van der Waals surface area contributed by atoms with Crippen LogP contribution < -0.4 is 4.74 Å². The molecule has 3 heterocycles. The summed E-state index contributed by atoms with van der Waals surface area (Å²) in [6, 6.07) is 37.3. The summed E-state index contributed by atoms with van der Waals surface area (Å²) in [6.07, 6.45) is 8.85. The van der Waals surface area contributed by atoms with Gasteiger partial charge in [-0.2, -0.15) is 16.7 Å². The van der Waals surface area contributed by atoms with E-state index in [-0.39, 0.29) is 26.5 Å². The second kappa shape index (κ2) is 15.6. The molecule has 7 rings (SSSR count). The second-order valence-electron chi connectivity index (χ2n) is 15.2. The molecule has 0 aliphatic heterocycles. The van der Waals surface area contributed by atoms with Gasteiger partial charge in [-0.1, -0.05) is 94.9 Å². The molecule has 0 bridgehead atoms. The third kappa shape index (κ3) is 7.95. The van der Waals surface area contributed by atoms with E-state index in [2.05, 4.69) is 132 Å². The van der Waals surface area contributed by atoms with Gasteiger partial charge in [0.25, 0.3) is 0 Å². The number of benzene rings is 4. The van der Waals surface area contributed by atoms with E-state index >= 15 is 0 Å². The SMILES string of the molecule is CCCCCCc1ccc2c(c1)c1ccc(Oc3[c-]c(-n4nc(C)c(-c5ccccc5)c4C)cc(CC(C)(C)C)c3)[c-]c1n2-c1cc(C)ccn1.[Pt+2]. The van der Waals surface area contributed by atoms with Crippen molar-refractivity contribution in [2.45, 2.75) is 87.0 Å². The van der Waals surface area contributed by atoms with Gasteiger partial charge in [0.1, 0.15) is 5.82 Å². The fraction of sp³-hybridized carbons (Fsp3) is 0.304. The Kier molecular flexibility index (Phi) is 11.2. The summed E-state index contributed by atoms with van der Waals surface area (Å²) in [4.78, 5) is 4.80. The molecule has 0 aliphatic rings. The molecule has 268 valence electrons. The number of hydrogen-bond acceptors (Lipinski definition) is 3. The number of pyridine rings is 1. The first-order valence-corrected chi connectivity index (χ1v) is 18.4. The molecule has 4 aromatic carbocycles. The van der Waals surface area contributed by atoms with Crippen LogP contribution in [0.4, 0.5) is 0 Å². The maximum Gasteiger partial charge on any atom is 2.00 e. The van der Waals surface area contributed by atoms with Crippen LogP contribution in [0.5, 0.6) is 11.5 Å². The second-order valence-corrected chi connectivity index (χ2v) is 15.2. The molecule has 0 spiro atoms. The summed E-state index contributed by atoms with van der Waals surface area (Å²) in [7, 11) is 0. The van der Waals surface area contributed by atoms with Crippen LogP contribution in [0.2, 0.25) is 0 Å². The fourth-order valence-corrected chi connectivity index (χ4v) is 7.31. The molecular weight excluding hydrogens is 820 g/mol. The molecule has 6 heteroatoms. The number of nitrogens with zero attached hydrogens (tertiary/aromatic N) is 4. The van der Waals surface area contributed by atoms with E-state index in [1.807, 2.05) is 29.1 Å². The van der Waals surface area contributed by atoms with E-state index in [1.165, 1.54) is 42.2 Å². The molecule has 0 atom stereocenters. The average Bonchev–Trinajstić information content (AvgIpc) is 3.58. The van der Waals surface area contributed by atoms with Gasteiger partial charge in [-0.3, -0.25) is 4.68 Å². The first kappa shape index (κ1) is 37.3. The minimum atomic E-state index is 0. The normalized spacial score (nSPS) is 11.7. The summed E-state index contributed by atoms with van der Waals surface area (Å²) in [5.74, 6) is 2.15. The van der Waals surface area contributed by atoms with Crippen molar-refractivity contribution in [2.75, 3.05) is 0 Å². The summed E-state index contributed by atoms with van der Waals surface area (Å²) < 4.78 is 10.9. The van der Waals surface area contributed by atoms with E-state index in [4.69, 9.17) is 14.8 Å². The molecule has 0 radical (unpaired) electrons. The van der Waals surface area contributed by atoms with Gasteiger partial charge in [-0.15, -0.1) is 35.7 Å². The van der Waals surface area contributed by atoms with Crippen molar-refractivity contribution in [3.8, 4) is 34.1 Å². The fourth-order valence-electron chi connectivity index (χ4n) is 7.31. The molecule has 0 fully saturated rings. The van der Waals surface area contributed by atoms with Crippen molar-refractivity contribution in [3.05, 3.63) is 131 Å². The van der Waals surface area contributed by atoms with Gasteiger partial charge in [0.2, 0.25) is 0 Å². The topological polar surface area (TPSA) is 44.9 Å². The molecule has 0 unspecified atom stereocenters. The van der Waals surface area contributed by atoms with Crippen molar-refractivity contribution in [3.63, 3.8) is 0 Å². The van der Waals surface area contributed by atoms with E-state index < -0.39 is 0 Å². The van der Waals surface area contributed by atoms with Gasteiger partial charge in [-0.25, -0.2) is 4.98 Å². The Labute approximate surface area is 323 Å². The maximum atomic E-state index is 6.69. The van der Waals surface area contributed by atoms with Gasteiger partial charge in [0.15, 0.2) is 0 Å². The number of fused-ring (bicyclic) bond motifs is 3. The Hall–Kier alpha value is -4.47. The van der Waals surface area contributed by atoms with Crippen LogP contribution in [0.25, 0.3) is 44.4 Å². The van der Waals surface area contributed by atoms with E-state index in [9.17, 15) is 0 Å². The van der Waals surface area contributed by atoms with Crippen molar-refractivity contribution in [2.24, 2.45) is 5.41 Å². The van der Waals surface area contributed by atoms with Gasteiger partial charge >= 0.3 is 21.1 Å². The van der Waals surface area contributed by atoms with Crippen LogP contribution in [0, 0.1) is 38.3 Å². The van der Waals surface area contributed by atoms with Gasteiger partial charge in [-0.05, 0) is 91.4 Å². The van der Waals surface area contributed by atoms with Gasteiger partial charge in [0.05, 0.1) is 5.69 Å². The van der Waals surface area contributed by atoms with E-state index in [1.54, 1.807) is 0 Å². The minimum absolute atomic E-state index is 0. The molecule has 0 aliphatic carbocycles. The summed E-state index contributed by atoms with van der Waals surface area (Å²) >= 11 is 0. The Balaban J connectivity index is 0.00000464. The molecule has 52 heavy (non-hydrogen) atoms. The van der Waals surface area contributed by atoms with Crippen molar-refractivity contribution < 1.29 is 25.8 Å². The Bertz CT molecular complexity index is 2330. The Morgan fingerprint density at radius 1 is 0.769 bits per heavy atom. The summed E-state index contributed by atoms with van der Waals surface area (Å²) in [6.45, 7) is 15.4. The van der Waals surface area contributed by atoms with Crippen LogP contribution in [0.1, 0.15) is 81.5 Å². The predicted octanol–water partition coefficient (Wildman–Crippen LogP) is 12.1. The molecular formula is C46H48N4OPt. The van der Waals surface area contributed by atoms with Crippen LogP contribution in [0.15, 0.2) is 91.1 Å². The molecule has 0 saturated heterocycles. The van der Waals surface area contributed by atoms with Gasteiger partial charge < -0.3 is 9.30 Å². The third-order valence-electron chi connectivity index (χ3n) is 9.59.